The van der Waals surface area contributed by atoms with E-state index >= 15 is 0 Å². The lowest BCUT2D eigenvalue weighted by molar-refractivity contribution is -0.133. The highest BCUT2D eigenvalue weighted by Gasteiger charge is 2.10. The van der Waals surface area contributed by atoms with E-state index in [0.717, 1.165) is 28.7 Å². The van der Waals surface area contributed by atoms with Gasteiger partial charge in [-0.05, 0) is 17.7 Å². The van der Waals surface area contributed by atoms with Gasteiger partial charge < -0.3 is 10.4 Å². The third-order valence-electron chi connectivity index (χ3n) is 2.23. The third kappa shape index (κ3) is 5.33. The van der Waals surface area contributed by atoms with Crippen LogP contribution in [0.2, 0.25) is 5.02 Å². The maximum Gasteiger partial charge on any atom is 0.313 e. The number of anilines is 1. The smallest absolute Gasteiger partial charge is 0.313 e. The lowest BCUT2D eigenvalue weighted by Gasteiger charge is -2.01. The number of rotatable bonds is 6. The predicted octanol–water partition coefficient (Wildman–Crippen LogP) is 2.55. The van der Waals surface area contributed by atoms with E-state index < -0.39 is 5.97 Å². The summed E-state index contributed by atoms with van der Waals surface area (Å²) in [5, 5.41) is 19.7. The highest BCUT2D eigenvalue weighted by Crippen LogP contribution is 2.25. The summed E-state index contributed by atoms with van der Waals surface area (Å²) in [4.78, 5) is 22.3. The zero-order valence-corrected chi connectivity index (χ0v) is 13.0. The number of carbonyl (C=O) groups is 2. The van der Waals surface area contributed by atoms with Gasteiger partial charge in [0.2, 0.25) is 11.0 Å². The average molecular weight is 344 g/mol. The summed E-state index contributed by atoms with van der Waals surface area (Å²) in [5.41, 5.74) is 0.796. The van der Waals surface area contributed by atoms with Crippen molar-refractivity contribution in [3.8, 4) is 0 Å². The maximum atomic E-state index is 11.9. The second kappa shape index (κ2) is 7.39. The minimum absolute atomic E-state index is 0.0922. The zero-order valence-electron chi connectivity index (χ0n) is 10.6. The van der Waals surface area contributed by atoms with Gasteiger partial charge in [0.05, 0.1) is 12.2 Å². The number of benzene rings is 1. The fraction of sp³-hybridized carbons (Fsp3) is 0.167. The van der Waals surface area contributed by atoms with E-state index in [-0.39, 0.29) is 18.1 Å². The number of thioether (sulfide) groups is 1. The van der Waals surface area contributed by atoms with Crippen molar-refractivity contribution in [3.05, 3.63) is 34.9 Å². The van der Waals surface area contributed by atoms with Gasteiger partial charge in [0.1, 0.15) is 0 Å². The summed E-state index contributed by atoms with van der Waals surface area (Å²) in [6, 6.07) is 7.03. The van der Waals surface area contributed by atoms with Crippen molar-refractivity contribution in [1.82, 2.24) is 10.2 Å². The summed E-state index contributed by atoms with van der Waals surface area (Å²) in [6.07, 6.45) is 0.178. The zero-order chi connectivity index (χ0) is 15.2. The molecule has 6 nitrogen and oxygen atoms in total. The molecule has 0 aliphatic rings. The molecule has 1 aromatic heterocycles. The van der Waals surface area contributed by atoms with Crippen molar-refractivity contribution >= 4 is 51.7 Å². The number of amides is 1. The SMILES string of the molecule is O=C(O)CSc1nnc(NC(=O)Cc2cccc(Cl)c2)s1. The van der Waals surface area contributed by atoms with Crippen LogP contribution in [0.4, 0.5) is 5.13 Å². The number of nitrogens with zero attached hydrogens (tertiary/aromatic N) is 2. The largest absolute Gasteiger partial charge is 0.481 e. The van der Waals surface area contributed by atoms with Crippen molar-refractivity contribution in [2.45, 2.75) is 10.8 Å². The molecule has 0 aliphatic heterocycles. The van der Waals surface area contributed by atoms with E-state index in [1.807, 2.05) is 0 Å². The number of halogens is 1. The topological polar surface area (TPSA) is 92.2 Å². The molecule has 0 unspecified atom stereocenters. The molecule has 21 heavy (non-hydrogen) atoms. The van der Waals surface area contributed by atoms with Crippen LogP contribution in [0.3, 0.4) is 0 Å². The van der Waals surface area contributed by atoms with E-state index in [1.165, 1.54) is 0 Å². The number of carboxylic acid groups (broad SMARTS) is 1. The van der Waals surface area contributed by atoms with Gasteiger partial charge in [-0.25, -0.2) is 0 Å². The van der Waals surface area contributed by atoms with E-state index in [0.29, 0.717) is 14.5 Å². The summed E-state index contributed by atoms with van der Waals surface area (Å²) in [5.74, 6) is -1.25. The first kappa shape index (κ1) is 15.7. The van der Waals surface area contributed by atoms with Gasteiger partial charge in [-0.1, -0.05) is 46.8 Å². The molecule has 0 saturated heterocycles. The second-order valence-corrected chi connectivity index (χ2v) is 6.55. The van der Waals surface area contributed by atoms with Crippen LogP contribution in [0, 0.1) is 0 Å². The molecule has 0 saturated carbocycles. The number of aliphatic carboxylic acids is 1. The van der Waals surface area contributed by atoms with E-state index in [4.69, 9.17) is 16.7 Å². The highest BCUT2D eigenvalue weighted by molar-refractivity contribution is 8.01. The molecule has 9 heteroatoms. The van der Waals surface area contributed by atoms with Crippen LogP contribution in [0.15, 0.2) is 28.6 Å². The van der Waals surface area contributed by atoms with Crippen LogP contribution in [0.5, 0.6) is 0 Å². The fourth-order valence-electron chi connectivity index (χ4n) is 1.44. The lowest BCUT2D eigenvalue weighted by atomic mass is 10.1. The van der Waals surface area contributed by atoms with Crippen LogP contribution >= 0.6 is 34.7 Å². The first-order valence-electron chi connectivity index (χ1n) is 5.75. The van der Waals surface area contributed by atoms with E-state index in [1.54, 1.807) is 24.3 Å². The second-order valence-electron chi connectivity index (χ2n) is 3.91. The summed E-state index contributed by atoms with van der Waals surface area (Å²) in [7, 11) is 0. The summed E-state index contributed by atoms with van der Waals surface area (Å²) >= 11 is 8.04. The minimum atomic E-state index is -0.929. The van der Waals surface area contributed by atoms with Gasteiger partial charge in [-0.15, -0.1) is 10.2 Å². The Kier molecular flexibility index (Phi) is 5.54. The van der Waals surface area contributed by atoms with Gasteiger partial charge >= 0.3 is 5.97 Å². The van der Waals surface area contributed by atoms with Crippen LogP contribution in [-0.4, -0.2) is 32.9 Å². The van der Waals surface area contributed by atoms with Gasteiger partial charge in [0, 0.05) is 5.02 Å². The molecule has 0 fully saturated rings. The summed E-state index contributed by atoms with van der Waals surface area (Å²) < 4.78 is 0.496. The van der Waals surface area contributed by atoms with Crippen molar-refractivity contribution in [3.63, 3.8) is 0 Å². The number of nitrogens with one attached hydrogen (secondary N) is 1. The molecule has 0 aliphatic carbocycles. The number of hydrogen-bond acceptors (Lipinski definition) is 6. The van der Waals surface area contributed by atoms with E-state index in [2.05, 4.69) is 15.5 Å². The standard InChI is InChI=1S/C12H10ClN3O3S2/c13-8-3-1-2-7(4-8)5-9(17)14-11-15-16-12(21-11)20-6-10(18)19/h1-4H,5-6H2,(H,18,19)(H,14,15,17). The monoisotopic (exact) mass is 343 g/mol. The molecule has 2 N–H and O–H groups in total. The molecular weight excluding hydrogens is 334 g/mol. The number of carboxylic acids is 1. The van der Waals surface area contributed by atoms with Gasteiger partial charge in [-0.3, -0.25) is 9.59 Å². The van der Waals surface area contributed by atoms with Crippen molar-refractivity contribution in [1.29, 1.82) is 0 Å². The van der Waals surface area contributed by atoms with Gasteiger partial charge in [-0.2, -0.15) is 0 Å². The Labute approximate surface area is 133 Å². The first-order chi connectivity index (χ1) is 10.0. The molecule has 1 amide bonds. The van der Waals surface area contributed by atoms with Crippen LogP contribution < -0.4 is 5.32 Å². The number of hydrogen-bond donors (Lipinski definition) is 2. The maximum absolute atomic E-state index is 11.9. The quantitative estimate of drug-likeness (QED) is 0.618. The van der Waals surface area contributed by atoms with E-state index in [9.17, 15) is 9.59 Å². The van der Waals surface area contributed by atoms with Crippen LogP contribution in [-0.2, 0) is 16.0 Å². The Morgan fingerprint density at radius 1 is 1.38 bits per heavy atom. The van der Waals surface area contributed by atoms with Gasteiger partial charge in [0.25, 0.3) is 0 Å². The Morgan fingerprint density at radius 2 is 2.19 bits per heavy atom. The fourth-order valence-corrected chi connectivity index (χ4v) is 3.14. The lowest BCUT2D eigenvalue weighted by Crippen LogP contribution is -2.14. The molecule has 0 spiro atoms. The van der Waals surface area contributed by atoms with Crippen LogP contribution in [0.1, 0.15) is 5.56 Å². The molecule has 110 valence electrons. The Balaban J connectivity index is 1.89. The van der Waals surface area contributed by atoms with Crippen molar-refractivity contribution < 1.29 is 14.7 Å². The predicted molar refractivity (Wildman–Crippen MR) is 82.1 cm³/mol. The molecular formula is C12H10ClN3O3S2. The average Bonchev–Trinajstić information content (AvgIpc) is 2.83. The number of aromatic nitrogens is 2. The Bertz CT molecular complexity index is 663. The van der Waals surface area contributed by atoms with Crippen molar-refractivity contribution in [2.75, 3.05) is 11.1 Å². The molecule has 1 heterocycles. The Hall–Kier alpha value is -1.64. The van der Waals surface area contributed by atoms with Crippen LogP contribution in [0.25, 0.3) is 0 Å². The molecule has 0 atom stereocenters. The van der Waals surface area contributed by atoms with Crippen molar-refractivity contribution in [2.24, 2.45) is 0 Å². The summed E-state index contributed by atoms with van der Waals surface area (Å²) in [6.45, 7) is 0. The third-order valence-corrected chi connectivity index (χ3v) is 4.42. The molecule has 0 bridgehead atoms. The molecule has 0 radical (unpaired) electrons. The molecule has 2 aromatic rings. The first-order valence-corrected chi connectivity index (χ1v) is 7.93. The highest BCUT2D eigenvalue weighted by atomic mass is 35.5. The number of carbonyl (C=O) groups excluding carboxylic acids is 1. The normalized spacial score (nSPS) is 10.3. The molecule has 2 rings (SSSR count). The van der Waals surface area contributed by atoms with Gasteiger partial charge in [0.15, 0.2) is 4.34 Å². The minimum Gasteiger partial charge on any atom is -0.481 e. The Morgan fingerprint density at radius 3 is 2.90 bits per heavy atom. The molecule has 1 aromatic carbocycles.